The summed E-state index contributed by atoms with van der Waals surface area (Å²) >= 11 is 0. The number of hydrogen-bond donors (Lipinski definition) is 0. The van der Waals surface area contributed by atoms with Gasteiger partial charge in [-0.3, -0.25) is 4.79 Å². The fourth-order valence-electron chi connectivity index (χ4n) is 1.78. The quantitative estimate of drug-likeness (QED) is 0.607. The Hall–Kier alpha value is -0.570. The maximum Gasteiger partial charge on any atom is 0.226 e. The minimum absolute atomic E-state index is 0.207. The van der Waals surface area contributed by atoms with E-state index in [4.69, 9.17) is 4.74 Å². The standard InChI is InChI=1S/C10H17NO2/c1-7-6-13-8(2)5-11(7)10(12)9-3-4-9/h7-9H,3-6H2,1-2H3. The minimum Gasteiger partial charge on any atom is -0.375 e. The summed E-state index contributed by atoms with van der Waals surface area (Å²) in [6.45, 7) is 5.56. The normalized spacial score (nSPS) is 34.8. The molecule has 2 rings (SSSR count). The lowest BCUT2D eigenvalue weighted by atomic mass is 10.2. The van der Waals surface area contributed by atoms with Crippen molar-refractivity contribution in [3.8, 4) is 0 Å². The van der Waals surface area contributed by atoms with Crippen LogP contribution in [0.2, 0.25) is 0 Å². The monoisotopic (exact) mass is 183 g/mol. The SMILES string of the molecule is CC1CN(C(=O)C2CC2)C(C)CO1. The molecule has 0 aromatic rings. The van der Waals surface area contributed by atoms with Crippen LogP contribution >= 0.6 is 0 Å². The summed E-state index contributed by atoms with van der Waals surface area (Å²) in [5, 5.41) is 0. The molecule has 3 heteroatoms. The summed E-state index contributed by atoms with van der Waals surface area (Å²) in [6.07, 6.45) is 2.40. The van der Waals surface area contributed by atoms with Crippen molar-refractivity contribution in [2.24, 2.45) is 5.92 Å². The van der Waals surface area contributed by atoms with Crippen molar-refractivity contribution < 1.29 is 9.53 Å². The average molecular weight is 183 g/mol. The van der Waals surface area contributed by atoms with Crippen molar-refractivity contribution in [3.63, 3.8) is 0 Å². The number of rotatable bonds is 1. The zero-order valence-corrected chi connectivity index (χ0v) is 8.32. The van der Waals surface area contributed by atoms with Crippen LogP contribution in [0.5, 0.6) is 0 Å². The minimum atomic E-state index is 0.207. The Morgan fingerprint density at radius 2 is 2.08 bits per heavy atom. The van der Waals surface area contributed by atoms with Gasteiger partial charge in [0, 0.05) is 12.5 Å². The second-order valence-electron chi connectivity index (χ2n) is 4.26. The van der Waals surface area contributed by atoms with Gasteiger partial charge >= 0.3 is 0 Å². The van der Waals surface area contributed by atoms with Crippen molar-refractivity contribution in [1.82, 2.24) is 4.90 Å². The topological polar surface area (TPSA) is 29.5 Å². The first kappa shape index (κ1) is 9.00. The highest BCUT2D eigenvalue weighted by molar-refractivity contribution is 5.81. The zero-order valence-electron chi connectivity index (χ0n) is 8.32. The van der Waals surface area contributed by atoms with Crippen LogP contribution in [0.1, 0.15) is 26.7 Å². The van der Waals surface area contributed by atoms with Gasteiger partial charge in [-0.1, -0.05) is 0 Å². The van der Waals surface area contributed by atoms with Crippen LogP contribution in [-0.4, -0.2) is 36.1 Å². The molecule has 1 heterocycles. The highest BCUT2D eigenvalue weighted by Crippen LogP contribution is 2.32. The molecule has 2 unspecified atom stereocenters. The van der Waals surface area contributed by atoms with Crippen molar-refractivity contribution in [1.29, 1.82) is 0 Å². The lowest BCUT2D eigenvalue weighted by molar-refractivity contribution is -0.144. The number of carbonyl (C=O) groups excluding carboxylic acids is 1. The van der Waals surface area contributed by atoms with E-state index in [0.717, 1.165) is 19.4 Å². The van der Waals surface area contributed by atoms with Crippen LogP contribution in [0.15, 0.2) is 0 Å². The molecule has 2 fully saturated rings. The predicted octanol–water partition coefficient (Wildman–Crippen LogP) is 1.03. The highest BCUT2D eigenvalue weighted by Gasteiger charge is 2.37. The van der Waals surface area contributed by atoms with Gasteiger partial charge in [0.2, 0.25) is 5.91 Å². The van der Waals surface area contributed by atoms with Gasteiger partial charge in [0.15, 0.2) is 0 Å². The Balaban J connectivity index is 1.97. The fourth-order valence-corrected chi connectivity index (χ4v) is 1.78. The molecule has 0 aromatic carbocycles. The van der Waals surface area contributed by atoms with E-state index in [-0.39, 0.29) is 12.1 Å². The van der Waals surface area contributed by atoms with Crippen molar-refractivity contribution in [3.05, 3.63) is 0 Å². The molecule has 3 nitrogen and oxygen atoms in total. The Labute approximate surface area is 79.0 Å². The van der Waals surface area contributed by atoms with Gasteiger partial charge < -0.3 is 9.64 Å². The zero-order chi connectivity index (χ0) is 9.42. The number of amides is 1. The fraction of sp³-hybridized carbons (Fsp3) is 0.900. The van der Waals surface area contributed by atoms with E-state index in [1.165, 1.54) is 0 Å². The molecule has 1 aliphatic heterocycles. The van der Waals surface area contributed by atoms with E-state index >= 15 is 0 Å². The average Bonchev–Trinajstić information content (AvgIpc) is 2.91. The lowest BCUT2D eigenvalue weighted by Crippen LogP contribution is -2.50. The molecule has 0 spiro atoms. The molecule has 1 saturated heterocycles. The van der Waals surface area contributed by atoms with Crippen LogP contribution in [0.3, 0.4) is 0 Å². The Bertz CT molecular complexity index is 213. The molecule has 1 aliphatic carbocycles. The van der Waals surface area contributed by atoms with Crippen LogP contribution in [0.25, 0.3) is 0 Å². The number of nitrogens with zero attached hydrogens (tertiary/aromatic N) is 1. The second-order valence-corrected chi connectivity index (χ2v) is 4.26. The van der Waals surface area contributed by atoms with E-state index in [1.54, 1.807) is 0 Å². The molecule has 2 atom stereocenters. The first-order valence-corrected chi connectivity index (χ1v) is 5.10. The molecule has 0 N–H and O–H groups in total. The van der Waals surface area contributed by atoms with E-state index in [9.17, 15) is 4.79 Å². The molecule has 1 amide bonds. The smallest absolute Gasteiger partial charge is 0.226 e. The van der Waals surface area contributed by atoms with E-state index in [1.807, 2.05) is 11.8 Å². The first-order chi connectivity index (χ1) is 6.18. The lowest BCUT2D eigenvalue weighted by Gasteiger charge is -2.37. The van der Waals surface area contributed by atoms with Crippen molar-refractivity contribution in [2.75, 3.05) is 13.2 Å². The van der Waals surface area contributed by atoms with Gasteiger partial charge in [-0.25, -0.2) is 0 Å². The summed E-state index contributed by atoms with van der Waals surface area (Å²) in [5.74, 6) is 0.690. The summed E-state index contributed by atoms with van der Waals surface area (Å²) in [4.78, 5) is 13.8. The van der Waals surface area contributed by atoms with E-state index in [2.05, 4.69) is 6.92 Å². The van der Waals surface area contributed by atoms with Gasteiger partial charge in [-0.2, -0.15) is 0 Å². The summed E-state index contributed by atoms with van der Waals surface area (Å²) in [7, 11) is 0. The third kappa shape index (κ3) is 1.85. The van der Waals surface area contributed by atoms with Crippen molar-refractivity contribution in [2.45, 2.75) is 38.8 Å². The molecule has 0 bridgehead atoms. The maximum atomic E-state index is 11.8. The third-order valence-corrected chi connectivity index (χ3v) is 2.82. The largest absolute Gasteiger partial charge is 0.375 e. The van der Waals surface area contributed by atoms with Gasteiger partial charge in [0.05, 0.1) is 18.8 Å². The number of ether oxygens (including phenoxy) is 1. The highest BCUT2D eigenvalue weighted by atomic mass is 16.5. The van der Waals surface area contributed by atoms with Gasteiger partial charge in [0.1, 0.15) is 0 Å². The summed E-state index contributed by atoms with van der Waals surface area (Å²) < 4.78 is 5.48. The molecule has 0 aromatic heterocycles. The van der Waals surface area contributed by atoms with Crippen LogP contribution in [-0.2, 0) is 9.53 Å². The van der Waals surface area contributed by atoms with Gasteiger partial charge in [-0.15, -0.1) is 0 Å². The van der Waals surface area contributed by atoms with Crippen LogP contribution in [0.4, 0.5) is 0 Å². The molecule has 1 saturated carbocycles. The van der Waals surface area contributed by atoms with Gasteiger partial charge in [-0.05, 0) is 26.7 Å². The second kappa shape index (κ2) is 3.29. The Kier molecular flexibility index (Phi) is 2.28. The number of hydrogen-bond acceptors (Lipinski definition) is 2. The molecular formula is C10H17NO2. The first-order valence-electron chi connectivity index (χ1n) is 5.10. The Morgan fingerprint density at radius 3 is 2.69 bits per heavy atom. The van der Waals surface area contributed by atoms with Crippen molar-refractivity contribution >= 4 is 5.91 Å². The summed E-state index contributed by atoms with van der Waals surface area (Å²) in [5.41, 5.74) is 0. The van der Waals surface area contributed by atoms with Gasteiger partial charge in [0.25, 0.3) is 0 Å². The van der Waals surface area contributed by atoms with E-state index < -0.39 is 0 Å². The molecule has 0 radical (unpaired) electrons. The third-order valence-electron chi connectivity index (χ3n) is 2.82. The predicted molar refractivity (Wildman–Crippen MR) is 49.3 cm³/mol. The summed E-state index contributed by atoms with van der Waals surface area (Å²) in [6, 6.07) is 0.268. The number of carbonyl (C=O) groups is 1. The van der Waals surface area contributed by atoms with E-state index in [0.29, 0.717) is 18.4 Å². The molecule has 74 valence electrons. The molecular weight excluding hydrogens is 166 g/mol. The number of morpholine rings is 1. The Morgan fingerprint density at radius 1 is 1.38 bits per heavy atom. The van der Waals surface area contributed by atoms with Crippen LogP contribution < -0.4 is 0 Å². The molecule has 2 aliphatic rings. The van der Waals surface area contributed by atoms with Crippen LogP contribution in [0, 0.1) is 5.92 Å². The maximum absolute atomic E-state index is 11.8. The molecule has 13 heavy (non-hydrogen) atoms.